The molecule has 1 atom stereocenters. The average Bonchev–Trinajstić information content (AvgIpc) is 3.98. The Bertz CT molecular complexity index is 2870. The molecule has 3 saturated heterocycles. The Morgan fingerprint density at radius 3 is 1.95 bits per heavy atom. The SMILES string of the molecule is COc1cc(Nc2nccc(Nc3cnc4c(c3)CCCC4C(C)(C)C)n2)ccc1OCCCN1CCCCC1.c1cc(Nc2cnc3c(c2)CC2(CC3)OCCO2)nc(Nc2ccc(OCCCN3CCOCC3)cc2)n1. The second kappa shape index (κ2) is 26.3. The molecule has 6 aromatic rings. The molecule has 18 nitrogen and oxygen atoms in total. The van der Waals surface area contributed by atoms with E-state index in [9.17, 15) is 0 Å². The monoisotopic (exact) mass is 1060 g/mol. The number of nitrogens with one attached hydrogen (secondary N) is 4. The molecule has 5 aliphatic rings. The smallest absolute Gasteiger partial charge is 0.229 e. The van der Waals surface area contributed by atoms with E-state index >= 15 is 0 Å². The van der Waals surface area contributed by atoms with E-state index in [1.165, 1.54) is 56.5 Å². The van der Waals surface area contributed by atoms with Crippen molar-refractivity contribution >= 4 is 46.3 Å². The van der Waals surface area contributed by atoms with Gasteiger partial charge < -0.3 is 54.6 Å². The molecule has 2 aromatic carbocycles. The van der Waals surface area contributed by atoms with E-state index in [0.717, 1.165) is 123 Å². The van der Waals surface area contributed by atoms with Crippen molar-refractivity contribution in [1.82, 2.24) is 39.7 Å². The lowest BCUT2D eigenvalue weighted by Crippen LogP contribution is -2.37. The van der Waals surface area contributed by atoms with Gasteiger partial charge in [0.25, 0.3) is 0 Å². The van der Waals surface area contributed by atoms with Crippen LogP contribution in [0.5, 0.6) is 17.2 Å². The Morgan fingerprint density at radius 2 is 1.26 bits per heavy atom. The zero-order valence-electron chi connectivity index (χ0n) is 46.0. The van der Waals surface area contributed by atoms with Gasteiger partial charge in [-0.2, -0.15) is 9.97 Å². The first-order valence-electron chi connectivity index (χ1n) is 28.2. The van der Waals surface area contributed by atoms with E-state index in [1.807, 2.05) is 67.0 Å². The van der Waals surface area contributed by atoms with Gasteiger partial charge in [-0.15, -0.1) is 0 Å². The molecule has 0 bridgehead atoms. The van der Waals surface area contributed by atoms with E-state index in [1.54, 1.807) is 19.5 Å². The van der Waals surface area contributed by atoms with Crippen molar-refractivity contribution in [1.29, 1.82) is 0 Å². The topological polar surface area (TPSA) is 187 Å². The third-order valence-corrected chi connectivity index (χ3v) is 15.1. The minimum atomic E-state index is -0.483. The molecular weight excluding hydrogens is 985 g/mol. The van der Waals surface area contributed by atoms with Gasteiger partial charge in [-0.3, -0.25) is 14.9 Å². The summed E-state index contributed by atoms with van der Waals surface area (Å²) in [5.41, 5.74) is 8.60. The van der Waals surface area contributed by atoms with Gasteiger partial charge in [-0.05, 0) is 142 Å². The van der Waals surface area contributed by atoms with E-state index in [-0.39, 0.29) is 5.41 Å². The minimum absolute atomic E-state index is 0.212. The van der Waals surface area contributed by atoms with E-state index in [0.29, 0.717) is 61.6 Å². The third kappa shape index (κ3) is 15.1. The fourth-order valence-corrected chi connectivity index (χ4v) is 11.0. The molecule has 4 aromatic heterocycles. The number of methoxy groups -OCH3 is 1. The number of anilines is 8. The minimum Gasteiger partial charge on any atom is -0.494 e. The number of nitrogens with zero attached hydrogens (tertiary/aromatic N) is 8. The zero-order chi connectivity index (χ0) is 53.6. The number of ether oxygens (including phenoxy) is 6. The van der Waals surface area contributed by atoms with Gasteiger partial charge in [0, 0.05) is 86.2 Å². The predicted octanol–water partition coefficient (Wildman–Crippen LogP) is 10.8. The van der Waals surface area contributed by atoms with Crippen molar-refractivity contribution < 1.29 is 28.4 Å². The fraction of sp³-hybridized carbons (Fsp3) is 0.500. The lowest BCUT2D eigenvalue weighted by atomic mass is 9.71. The number of likely N-dealkylation sites (tertiary alicyclic amines) is 1. The Kier molecular flexibility index (Phi) is 18.4. The molecule has 0 saturated carbocycles. The summed E-state index contributed by atoms with van der Waals surface area (Å²) in [5, 5.41) is 13.3. The number of fused-ring (bicyclic) bond motifs is 2. The van der Waals surface area contributed by atoms with Crippen LogP contribution in [-0.4, -0.2) is 132 Å². The van der Waals surface area contributed by atoms with Crippen molar-refractivity contribution in [3.8, 4) is 17.2 Å². The molecule has 3 fully saturated rings. The van der Waals surface area contributed by atoms with Crippen LogP contribution in [0.1, 0.15) is 101 Å². The predicted molar refractivity (Wildman–Crippen MR) is 305 cm³/mol. The van der Waals surface area contributed by atoms with Crippen molar-refractivity contribution in [2.24, 2.45) is 5.41 Å². The summed E-state index contributed by atoms with van der Waals surface area (Å²) >= 11 is 0. The van der Waals surface area contributed by atoms with Gasteiger partial charge >= 0.3 is 0 Å². The van der Waals surface area contributed by atoms with Crippen LogP contribution >= 0.6 is 0 Å². The first-order chi connectivity index (χ1) is 38.1. The Morgan fingerprint density at radius 1 is 0.615 bits per heavy atom. The van der Waals surface area contributed by atoms with Crippen LogP contribution in [0.3, 0.4) is 0 Å². The molecule has 0 radical (unpaired) electrons. The highest BCUT2D eigenvalue weighted by Crippen LogP contribution is 2.43. The number of aromatic nitrogens is 6. The summed E-state index contributed by atoms with van der Waals surface area (Å²) in [6.07, 6.45) is 19.1. The van der Waals surface area contributed by atoms with E-state index in [4.69, 9.17) is 33.4 Å². The van der Waals surface area contributed by atoms with Crippen molar-refractivity contribution in [2.45, 2.75) is 103 Å². The third-order valence-electron chi connectivity index (χ3n) is 15.1. The summed E-state index contributed by atoms with van der Waals surface area (Å²) in [7, 11) is 1.66. The number of benzene rings is 2. The molecule has 78 heavy (non-hydrogen) atoms. The van der Waals surface area contributed by atoms with Gasteiger partial charge in [-0.1, -0.05) is 27.2 Å². The standard InChI is InChI=1S/C32H44N6O2.C28H34N6O4/c1-32(2,3)26-11-8-10-23-20-25(22-34-30(23)26)35-29-14-15-33-31(37-29)36-24-12-13-27(28(21-24)39-4)40-19-9-18-38-16-6-5-7-17-38;1(10-34-11-14-35-15-12-34)13-36-24-4-2-22(3-5-24)32-27-29-9-7-26(33-27)31-23-18-21-19-28(37-16-17-38-28)8-6-25(21)30-20-23/h12-15,20-22,26H,5-11,16-19H2,1-4H3,(H2,33,35,36,37);2-5,7,9,18,20H,1,6,8,10-17,19H2,(H2,29,31,32,33). The van der Waals surface area contributed by atoms with Crippen molar-refractivity contribution in [3.63, 3.8) is 0 Å². The molecule has 0 amide bonds. The highest BCUT2D eigenvalue weighted by atomic mass is 16.7. The quantitative estimate of drug-likeness (QED) is 0.0561. The highest BCUT2D eigenvalue weighted by Gasteiger charge is 2.40. The van der Waals surface area contributed by atoms with Crippen molar-refractivity contribution in [2.75, 3.05) is 107 Å². The number of hydrogen-bond acceptors (Lipinski definition) is 18. The summed E-state index contributed by atoms with van der Waals surface area (Å²) in [4.78, 5) is 32.6. The molecule has 414 valence electrons. The summed E-state index contributed by atoms with van der Waals surface area (Å²) in [5.74, 6) is 4.70. The molecule has 7 heterocycles. The summed E-state index contributed by atoms with van der Waals surface area (Å²) in [6, 6.07) is 21.7. The van der Waals surface area contributed by atoms with Crippen LogP contribution in [0.25, 0.3) is 0 Å². The average molecular weight is 1060 g/mol. The van der Waals surface area contributed by atoms with Crippen LogP contribution in [0.4, 0.5) is 46.3 Å². The molecule has 18 heteroatoms. The molecule has 2 aliphatic carbocycles. The van der Waals surface area contributed by atoms with E-state index < -0.39 is 5.79 Å². The second-order valence-corrected chi connectivity index (χ2v) is 21.9. The normalized spacial score (nSPS) is 18.2. The van der Waals surface area contributed by atoms with Crippen LogP contribution in [0.15, 0.2) is 91.5 Å². The number of pyridine rings is 2. The van der Waals surface area contributed by atoms with Gasteiger partial charge in [0.05, 0.1) is 70.5 Å². The van der Waals surface area contributed by atoms with Crippen LogP contribution in [-0.2, 0) is 33.5 Å². The number of morpholine rings is 1. The van der Waals surface area contributed by atoms with Gasteiger partial charge in [0.15, 0.2) is 17.3 Å². The van der Waals surface area contributed by atoms with Crippen LogP contribution in [0.2, 0.25) is 0 Å². The number of hydrogen-bond donors (Lipinski definition) is 4. The lowest BCUT2D eigenvalue weighted by molar-refractivity contribution is -0.164. The van der Waals surface area contributed by atoms with Gasteiger partial charge in [0.2, 0.25) is 11.9 Å². The molecule has 1 unspecified atom stereocenters. The molecule has 4 N–H and O–H groups in total. The Balaban J connectivity index is 0.000000177. The second-order valence-electron chi connectivity index (χ2n) is 21.9. The number of aryl methyl sites for hydroxylation is 2. The molecule has 1 spiro atoms. The van der Waals surface area contributed by atoms with Crippen LogP contribution in [0, 0.1) is 5.41 Å². The lowest BCUT2D eigenvalue weighted by Gasteiger charge is -2.34. The number of piperidine rings is 1. The largest absolute Gasteiger partial charge is 0.494 e. The zero-order valence-corrected chi connectivity index (χ0v) is 46.0. The van der Waals surface area contributed by atoms with Crippen molar-refractivity contribution in [3.05, 3.63) is 114 Å². The molecular formula is C60H78N12O6. The maximum atomic E-state index is 6.05. The maximum Gasteiger partial charge on any atom is 0.229 e. The first kappa shape index (κ1) is 54.6. The Hall–Kier alpha value is -6.70. The maximum absolute atomic E-state index is 6.05. The van der Waals surface area contributed by atoms with Gasteiger partial charge in [0.1, 0.15) is 17.4 Å². The highest BCUT2D eigenvalue weighted by molar-refractivity contribution is 5.63. The van der Waals surface area contributed by atoms with Crippen LogP contribution < -0.4 is 35.5 Å². The molecule has 3 aliphatic heterocycles. The Labute approximate surface area is 459 Å². The summed E-state index contributed by atoms with van der Waals surface area (Å²) < 4.78 is 34.8. The van der Waals surface area contributed by atoms with Gasteiger partial charge in [-0.25, -0.2) is 9.97 Å². The first-order valence-corrected chi connectivity index (χ1v) is 28.2. The fourth-order valence-electron chi connectivity index (χ4n) is 11.0. The summed E-state index contributed by atoms with van der Waals surface area (Å²) in [6.45, 7) is 17.8. The van der Waals surface area contributed by atoms with E-state index in [2.05, 4.69) is 88.9 Å². The number of rotatable bonds is 19. The molecule has 11 rings (SSSR count).